The van der Waals surface area contributed by atoms with Crippen LogP contribution in [0.2, 0.25) is 0 Å². The lowest BCUT2D eigenvalue weighted by Gasteiger charge is -2.23. The lowest BCUT2D eigenvalue weighted by atomic mass is 10.1. The smallest absolute Gasteiger partial charge is 0.276 e. The molecule has 0 bridgehead atoms. The lowest BCUT2D eigenvalue weighted by Crippen LogP contribution is -2.27. The summed E-state index contributed by atoms with van der Waals surface area (Å²) in [6.07, 6.45) is 8.33. The maximum absolute atomic E-state index is 11.2. The maximum Gasteiger partial charge on any atom is 0.276 e. The molecular formula is C15H16N2O3. The number of amides is 1. The van der Waals surface area contributed by atoms with Gasteiger partial charge in [-0.25, -0.2) is 0 Å². The van der Waals surface area contributed by atoms with Crippen LogP contribution in [0.4, 0.5) is 0 Å². The molecule has 2 aliphatic rings. The largest absolute Gasteiger partial charge is 0.504 e. The topological polar surface area (TPSA) is 61.8 Å². The van der Waals surface area contributed by atoms with Gasteiger partial charge in [-0.15, -0.1) is 0 Å². The van der Waals surface area contributed by atoms with Crippen LogP contribution in [0.5, 0.6) is 11.5 Å². The number of aromatic hydroxyl groups is 1. The number of hydrogen-bond acceptors (Lipinski definition) is 4. The van der Waals surface area contributed by atoms with E-state index in [0.29, 0.717) is 17.9 Å². The van der Waals surface area contributed by atoms with Crippen LogP contribution in [0.1, 0.15) is 17.5 Å². The zero-order valence-corrected chi connectivity index (χ0v) is 11.0. The average Bonchev–Trinajstić information content (AvgIpc) is 2.66. The second-order valence-corrected chi connectivity index (χ2v) is 4.89. The molecule has 5 heteroatoms. The summed E-state index contributed by atoms with van der Waals surface area (Å²) < 4.78 is 0. The lowest BCUT2D eigenvalue weighted by molar-refractivity contribution is -0.122. The molecule has 0 atom stereocenters. The van der Waals surface area contributed by atoms with Gasteiger partial charge in [0.25, 0.3) is 5.91 Å². The SMILES string of the molecule is O=C1C=Cc2ccc(CN3CC=CCC3)c(O)c2ON1. The number of hydroxylamine groups is 1. The van der Waals surface area contributed by atoms with E-state index in [9.17, 15) is 9.90 Å². The third kappa shape index (κ3) is 2.53. The first-order chi connectivity index (χ1) is 9.74. The zero-order chi connectivity index (χ0) is 13.9. The van der Waals surface area contributed by atoms with Crippen molar-refractivity contribution in [3.8, 4) is 11.5 Å². The van der Waals surface area contributed by atoms with Crippen LogP contribution in [0.3, 0.4) is 0 Å². The van der Waals surface area contributed by atoms with Crippen molar-refractivity contribution in [1.82, 2.24) is 10.4 Å². The first kappa shape index (κ1) is 12.7. The number of nitrogens with one attached hydrogen (secondary N) is 1. The number of fused-ring (bicyclic) bond motifs is 1. The van der Waals surface area contributed by atoms with E-state index in [1.54, 1.807) is 6.08 Å². The number of nitrogens with zero attached hydrogens (tertiary/aromatic N) is 1. The van der Waals surface area contributed by atoms with E-state index in [1.807, 2.05) is 12.1 Å². The van der Waals surface area contributed by atoms with E-state index >= 15 is 0 Å². The highest BCUT2D eigenvalue weighted by atomic mass is 16.7. The quantitative estimate of drug-likeness (QED) is 0.803. The molecule has 0 fully saturated rings. The highest BCUT2D eigenvalue weighted by Crippen LogP contribution is 2.35. The summed E-state index contributed by atoms with van der Waals surface area (Å²) in [5, 5.41) is 10.3. The molecule has 5 nitrogen and oxygen atoms in total. The first-order valence-electron chi connectivity index (χ1n) is 6.61. The van der Waals surface area contributed by atoms with Gasteiger partial charge in [0.2, 0.25) is 5.75 Å². The monoisotopic (exact) mass is 272 g/mol. The van der Waals surface area contributed by atoms with Crippen molar-refractivity contribution in [3.05, 3.63) is 41.5 Å². The van der Waals surface area contributed by atoms with Crippen LogP contribution >= 0.6 is 0 Å². The summed E-state index contributed by atoms with van der Waals surface area (Å²) in [6.45, 7) is 2.52. The van der Waals surface area contributed by atoms with Crippen LogP contribution < -0.4 is 10.3 Å². The number of carbonyl (C=O) groups is 1. The molecule has 0 aromatic heterocycles. The highest BCUT2D eigenvalue weighted by Gasteiger charge is 2.18. The van der Waals surface area contributed by atoms with Crippen LogP contribution in [0.15, 0.2) is 30.4 Å². The van der Waals surface area contributed by atoms with E-state index in [2.05, 4.69) is 22.5 Å². The zero-order valence-electron chi connectivity index (χ0n) is 11.0. The molecule has 0 aliphatic carbocycles. The predicted molar refractivity (Wildman–Crippen MR) is 74.9 cm³/mol. The van der Waals surface area contributed by atoms with Gasteiger partial charge in [-0.2, -0.15) is 5.48 Å². The molecule has 20 heavy (non-hydrogen) atoms. The van der Waals surface area contributed by atoms with E-state index in [1.165, 1.54) is 6.08 Å². The molecule has 1 aromatic carbocycles. The summed E-state index contributed by atoms with van der Waals surface area (Å²) in [5.41, 5.74) is 3.74. The normalized spacial score (nSPS) is 18.1. The number of carbonyl (C=O) groups excluding carboxylic acids is 1. The molecule has 2 heterocycles. The minimum absolute atomic E-state index is 0.0869. The third-order valence-corrected chi connectivity index (χ3v) is 3.45. The summed E-state index contributed by atoms with van der Waals surface area (Å²) in [5.74, 6) is 0.0457. The van der Waals surface area contributed by atoms with Crippen molar-refractivity contribution >= 4 is 12.0 Å². The Morgan fingerprint density at radius 2 is 2.20 bits per heavy atom. The number of phenols is 1. The van der Waals surface area contributed by atoms with Gasteiger partial charge in [0, 0.05) is 36.8 Å². The van der Waals surface area contributed by atoms with Gasteiger partial charge in [0.1, 0.15) is 0 Å². The van der Waals surface area contributed by atoms with E-state index in [0.717, 1.165) is 25.1 Å². The van der Waals surface area contributed by atoms with Crippen LogP contribution in [0, 0.1) is 0 Å². The summed E-state index contributed by atoms with van der Waals surface area (Å²) >= 11 is 0. The number of phenolic OH excluding ortho intramolecular Hbond substituents is 1. The van der Waals surface area contributed by atoms with Crippen molar-refractivity contribution in [2.45, 2.75) is 13.0 Å². The average molecular weight is 272 g/mol. The van der Waals surface area contributed by atoms with Gasteiger partial charge in [-0.1, -0.05) is 24.3 Å². The van der Waals surface area contributed by atoms with Gasteiger partial charge in [-0.3, -0.25) is 9.69 Å². The number of benzene rings is 1. The Morgan fingerprint density at radius 3 is 3.00 bits per heavy atom. The molecule has 2 N–H and O–H groups in total. The molecule has 1 aromatic rings. The Balaban J connectivity index is 1.86. The number of hydrogen-bond donors (Lipinski definition) is 2. The van der Waals surface area contributed by atoms with Crippen molar-refractivity contribution in [1.29, 1.82) is 0 Å². The minimum Gasteiger partial charge on any atom is -0.504 e. The van der Waals surface area contributed by atoms with Crippen molar-refractivity contribution in [2.75, 3.05) is 13.1 Å². The molecule has 1 amide bonds. The summed E-state index contributed by atoms with van der Waals surface area (Å²) in [7, 11) is 0. The first-order valence-corrected chi connectivity index (χ1v) is 6.61. The van der Waals surface area contributed by atoms with E-state index < -0.39 is 0 Å². The molecule has 0 saturated heterocycles. The van der Waals surface area contributed by atoms with Gasteiger partial charge >= 0.3 is 0 Å². The molecule has 3 rings (SSSR count). The third-order valence-electron chi connectivity index (χ3n) is 3.45. The highest BCUT2D eigenvalue weighted by molar-refractivity contribution is 5.92. The predicted octanol–water partition coefficient (Wildman–Crippen LogP) is 1.59. The fourth-order valence-electron chi connectivity index (χ4n) is 2.37. The fourth-order valence-corrected chi connectivity index (χ4v) is 2.37. The fraction of sp³-hybridized carbons (Fsp3) is 0.267. The van der Waals surface area contributed by atoms with Gasteiger partial charge in [-0.05, 0) is 12.5 Å². The summed E-state index contributed by atoms with van der Waals surface area (Å²) in [4.78, 5) is 18.7. The molecule has 0 spiro atoms. The molecular weight excluding hydrogens is 256 g/mol. The molecule has 104 valence electrons. The van der Waals surface area contributed by atoms with Gasteiger partial charge in [0.05, 0.1) is 0 Å². The molecule has 0 radical (unpaired) electrons. The Bertz CT molecular complexity index is 593. The molecule has 0 unspecified atom stereocenters. The van der Waals surface area contributed by atoms with Gasteiger partial charge in [0.15, 0.2) is 5.75 Å². The minimum atomic E-state index is -0.344. The van der Waals surface area contributed by atoms with Crippen molar-refractivity contribution in [2.24, 2.45) is 0 Å². The van der Waals surface area contributed by atoms with Crippen LogP contribution in [-0.4, -0.2) is 29.0 Å². The Morgan fingerprint density at radius 1 is 1.30 bits per heavy atom. The van der Waals surface area contributed by atoms with E-state index in [-0.39, 0.29) is 11.7 Å². The summed E-state index contributed by atoms with van der Waals surface area (Å²) in [6, 6.07) is 3.72. The second kappa shape index (κ2) is 5.38. The number of rotatable bonds is 2. The Labute approximate surface area is 117 Å². The Hall–Kier alpha value is -2.27. The van der Waals surface area contributed by atoms with Crippen molar-refractivity contribution < 1.29 is 14.7 Å². The second-order valence-electron chi connectivity index (χ2n) is 4.89. The Kier molecular flexibility index (Phi) is 3.43. The van der Waals surface area contributed by atoms with Gasteiger partial charge < -0.3 is 9.94 Å². The van der Waals surface area contributed by atoms with Crippen molar-refractivity contribution in [3.63, 3.8) is 0 Å². The van der Waals surface area contributed by atoms with E-state index in [4.69, 9.17) is 4.84 Å². The molecule has 2 aliphatic heterocycles. The molecule has 0 saturated carbocycles. The van der Waals surface area contributed by atoms with Crippen LogP contribution in [-0.2, 0) is 11.3 Å². The standard InChI is InChI=1S/C15H16N2O3/c18-13-7-6-11-4-5-12(14(19)15(11)20-16-13)10-17-8-2-1-3-9-17/h1-2,4-7,19H,3,8-10H2,(H,16,18). The van der Waals surface area contributed by atoms with Crippen LogP contribution in [0.25, 0.3) is 6.08 Å². The maximum atomic E-state index is 11.2.